The Kier molecular flexibility index (Phi) is 5.31. The van der Waals surface area contributed by atoms with Crippen LogP contribution >= 0.6 is 0 Å². The average molecular weight is 250 g/mol. The maximum atomic E-state index is 11.7. The molecule has 0 bridgehead atoms. The van der Waals surface area contributed by atoms with E-state index in [-0.39, 0.29) is 12.5 Å². The van der Waals surface area contributed by atoms with Gasteiger partial charge in [-0.1, -0.05) is 17.7 Å². The van der Waals surface area contributed by atoms with Crippen molar-refractivity contribution in [2.75, 3.05) is 13.7 Å². The van der Waals surface area contributed by atoms with Gasteiger partial charge in [0.15, 0.2) is 0 Å². The number of aryl methyl sites for hydroxylation is 3. The zero-order valence-electron chi connectivity index (χ0n) is 11.5. The van der Waals surface area contributed by atoms with E-state index in [4.69, 9.17) is 10.5 Å². The Bertz CT molecular complexity index is 407. The highest BCUT2D eigenvalue weighted by Gasteiger charge is 2.13. The number of benzene rings is 1. The molecule has 0 aliphatic rings. The lowest BCUT2D eigenvalue weighted by Gasteiger charge is -2.15. The lowest BCUT2D eigenvalue weighted by Crippen LogP contribution is -2.43. The first-order valence-corrected chi connectivity index (χ1v) is 6.04. The topological polar surface area (TPSA) is 64.3 Å². The fraction of sp³-hybridized carbons (Fsp3) is 0.500. The minimum Gasteiger partial charge on any atom is -0.383 e. The predicted molar refractivity (Wildman–Crippen MR) is 72.4 cm³/mol. The first-order valence-electron chi connectivity index (χ1n) is 6.04. The third-order valence-corrected chi connectivity index (χ3v) is 2.96. The van der Waals surface area contributed by atoms with Crippen LogP contribution in [0.15, 0.2) is 12.1 Å². The summed E-state index contributed by atoms with van der Waals surface area (Å²) in [7, 11) is 1.53. The second-order valence-corrected chi connectivity index (χ2v) is 4.66. The van der Waals surface area contributed by atoms with Crippen LogP contribution in [0.1, 0.15) is 22.3 Å². The molecule has 4 nitrogen and oxygen atoms in total. The summed E-state index contributed by atoms with van der Waals surface area (Å²) in [5.41, 5.74) is 10.4. The second kappa shape index (κ2) is 6.52. The molecule has 0 heterocycles. The van der Waals surface area contributed by atoms with E-state index < -0.39 is 6.04 Å². The first kappa shape index (κ1) is 14.7. The van der Waals surface area contributed by atoms with Gasteiger partial charge in [0.25, 0.3) is 0 Å². The Morgan fingerprint density at radius 2 is 1.89 bits per heavy atom. The van der Waals surface area contributed by atoms with E-state index in [9.17, 15) is 4.79 Å². The van der Waals surface area contributed by atoms with Gasteiger partial charge in [0.2, 0.25) is 5.91 Å². The highest BCUT2D eigenvalue weighted by atomic mass is 16.5. The fourth-order valence-corrected chi connectivity index (χ4v) is 2.05. The van der Waals surface area contributed by atoms with E-state index in [0.29, 0.717) is 6.54 Å². The Labute approximate surface area is 109 Å². The highest BCUT2D eigenvalue weighted by Crippen LogP contribution is 2.15. The predicted octanol–water partition coefficient (Wildman–Crippen LogP) is 1.20. The van der Waals surface area contributed by atoms with Crippen LogP contribution in [0, 0.1) is 20.8 Å². The molecule has 1 rings (SSSR count). The summed E-state index contributed by atoms with van der Waals surface area (Å²) in [6.45, 7) is 6.91. The van der Waals surface area contributed by atoms with E-state index in [2.05, 4.69) is 38.2 Å². The molecule has 1 aromatic carbocycles. The van der Waals surface area contributed by atoms with Gasteiger partial charge in [-0.05, 0) is 37.5 Å². The van der Waals surface area contributed by atoms with Crippen molar-refractivity contribution in [2.24, 2.45) is 5.73 Å². The van der Waals surface area contributed by atoms with Crippen molar-refractivity contribution in [2.45, 2.75) is 33.4 Å². The van der Waals surface area contributed by atoms with Crippen molar-refractivity contribution in [3.05, 3.63) is 34.4 Å². The molecule has 0 saturated carbocycles. The van der Waals surface area contributed by atoms with Crippen LogP contribution in [0.25, 0.3) is 0 Å². The van der Waals surface area contributed by atoms with Gasteiger partial charge in [0.1, 0.15) is 6.04 Å². The fourth-order valence-electron chi connectivity index (χ4n) is 2.05. The minimum absolute atomic E-state index is 0.184. The van der Waals surface area contributed by atoms with Crippen molar-refractivity contribution in [1.29, 1.82) is 0 Å². The molecule has 1 amide bonds. The smallest absolute Gasteiger partial charge is 0.239 e. The van der Waals surface area contributed by atoms with Crippen molar-refractivity contribution in [1.82, 2.24) is 5.32 Å². The molecule has 18 heavy (non-hydrogen) atoms. The number of hydrogen-bond acceptors (Lipinski definition) is 3. The lowest BCUT2D eigenvalue weighted by atomic mass is 10.00. The van der Waals surface area contributed by atoms with E-state index in [1.54, 1.807) is 0 Å². The van der Waals surface area contributed by atoms with E-state index in [1.165, 1.54) is 23.8 Å². The molecule has 0 saturated heterocycles. The van der Waals surface area contributed by atoms with Crippen molar-refractivity contribution in [3.63, 3.8) is 0 Å². The first-order chi connectivity index (χ1) is 8.45. The summed E-state index contributed by atoms with van der Waals surface area (Å²) in [6.07, 6.45) is 0. The molecule has 1 aromatic rings. The van der Waals surface area contributed by atoms with Crippen LogP contribution in [0.4, 0.5) is 0 Å². The van der Waals surface area contributed by atoms with Gasteiger partial charge in [0, 0.05) is 13.7 Å². The lowest BCUT2D eigenvalue weighted by molar-refractivity contribution is -0.123. The zero-order valence-corrected chi connectivity index (χ0v) is 11.5. The maximum absolute atomic E-state index is 11.7. The summed E-state index contributed by atoms with van der Waals surface area (Å²) >= 11 is 0. The third kappa shape index (κ3) is 3.82. The number of methoxy groups -OCH3 is 1. The average Bonchev–Trinajstić information content (AvgIpc) is 2.27. The van der Waals surface area contributed by atoms with Gasteiger partial charge >= 0.3 is 0 Å². The molecular formula is C14H22N2O2. The second-order valence-electron chi connectivity index (χ2n) is 4.66. The number of rotatable bonds is 5. The maximum Gasteiger partial charge on any atom is 0.239 e. The van der Waals surface area contributed by atoms with Gasteiger partial charge in [-0.2, -0.15) is 0 Å². The summed E-state index contributed by atoms with van der Waals surface area (Å²) in [5.74, 6) is -0.184. The molecule has 0 spiro atoms. The molecule has 0 radical (unpaired) electrons. The Balaban J connectivity index is 2.67. The molecule has 0 aliphatic carbocycles. The Morgan fingerprint density at radius 1 is 1.33 bits per heavy atom. The molecule has 0 fully saturated rings. The monoisotopic (exact) mass is 250 g/mol. The van der Waals surface area contributed by atoms with Gasteiger partial charge in [0.05, 0.1) is 6.61 Å². The molecule has 0 aromatic heterocycles. The van der Waals surface area contributed by atoms with Gasteiger partial charge in [-0.25, -0.2) is 0 Å². The van der Waals surface area contributed by atoms with Crippen LogP contribution in [0.2, 0.25) is 0 Å². The van der Waals surface area contributed by atoms with Gasteiger partial charge in [-0.15, -0.1) is 0 Å². The largest absolute Gasteiger partial charge is 0.383 e. The minimum atomic E-state index is -0.610. The summed E-state index contributed by atoms with van der Waals surface area (Å²) in [4.78, 5) is 11.7. The number of hydrogen-bond donors (Lipinski definition) is 2. The molecular weight excluding hydrogens is 228 g/mol. The number of ether oxygens (including phenoxy) is 1. The quantitative estimate of drug-likeness (QED) is 0.825. The molecule has 4 heteroatoms. The van der Waals surface area contributed by atoms with Crippen LogP contribution in [-0.2, 0) is 16.1 Å². The van der Waals surface area contributed by atoms with Gasteiger partial charge < -0.3 is 15.8 Å². The Hall–Kier alpha value is -1.39. The summed E-state index contributed by atoms with van der Waals surface area (Å²) in [6, 6.07) is 3.62. The molecule has 1 unspecified atom stereocenters. The van der Waals surface area contributed by atoms with Crippen LogP contribution in [0.5, 0.6) is 0 Å². The third-order valence-electron chi connectivity index (χ3n) is 2.96. The summed E-state index contributed by atoms with van der Waals surface area (Å²) < 4.78 is 4.85. The number of carbonyl (C=O) groups excluding carboxylic acids is 1. The number of nitrogens with one attached hydrogen (secondary N) is 1. The molecule has 1 atom stereocenters. The molecule has 100 valence electrons. The van der Waals surface area contributed by atoms with Crippen molar-refractivity contribution < 1.29 is 9.53 Å². The molecule has 3 N–H and O–H groups in total. The summed E-state index contributed by atoms with van der Waals surface area (Å²) in [5, 5.41) is 2.84. The van der Waals surface area contributed by atoms with Crippen LogP contribution < -0.4 is 11.1 Å². The number of nitrogens with two attached hydrogens (primary N) is 1. The Morgan fingerprint density at radius 3 is 2.39 bits per heavy atom. The highest BCUT2D eigenvalue weighted by molar-refractivity contribution is 5.81. The SMILES string of the molecule is COCC(N)C(=O)NCc1c(C)cc(C)cc1C. The van der Waals surface area contributed by atoms with Crippen molar-refractivity contribution >= 4 is 5.91 Å². The number of amides is 1. The van der Waals surface area contributed by atoms with E-state index >= 15 is 0 Å². The standard InChI is InChI=1S/C14H22N2O2/c1-9-5-10(2)12(11(3)6-9)7-16-14(17)13(15)8-18-4/h5-6,13H,7-8,15H2,1-4H3,(H,16,17). The van der Waals surface area contributed by atoms with Crippen LogP contribution in [0.3, 0.4) is 0 Å². The van der Waals surface area contributed by atoms with E-state index in [1.807, 2.05) is 0 Å². The normalized spacial score (nSPS) is 12.3. The van der Waals surface area contributed by atoms with Gasteiger partial charge in [-0.3, -0.25) is 4.79 Å². The van der Waals surface area contributed by atoms with E-state index in [0.717, 1.165) is 5.56 Å². The molecule has 0 aliphatic heterocycles. The zero-order chi connectivity index (χ0) is 13.7. The number of carbonyl (C=O) groups is 1. The van der Waals surface area contributed by atoms with Crippen LogP contribution in [-0.4, -0.2) is 25.7 Å². The van der Waals surface area contributed by atoms with Crippen molar-refractivity contribution in [3.8, 4) is 0 Å².